The van der Waals surface area contributed by atoms with Crippen LogP contribution in [0, 0.1) is 0 Å². The Morgan fingerprint density at radius 2 is 1.64 bits per heavy atom. The van der Waals surface area contributed by atoms with Gasteiger partial charge >= 0.3 is 6.03 Å². The van der Waals surface area contributed by atoms with Crippen LogP contribution in [0.3, 0.4) is 0 Å². The van der Waals surface area contributed by atoms with E-state index in [0.29, 0.717) is 13.0 Å². The van der Waals surface area contributed by atoms with Crippen LogP contribution in [0.2, 0.25) is 0 Å². The molecule has 2 aromatic carbocycles. The van der Waals surface area contributed by atoms with Crippen molar-refractivity contribution < 1.29 is 9.59 Å². The molecule has 2 aromatic rings. The van der Waals surface area contributed by atoms with Gasteiger partial charge in [0.1, 0.15) is 6.04 Å². The van der Waals surface area contributed by atoms with E-state index in [9.17, 15) is 9.59 Å². The van der Waals surface area contributed by atoms with Gasteiger partial charge in [-0.05, 0) is 28.7 Å². The molecule has 3 amide bonds. The number of urea groups is 1. The second-order valence-electron chi connectivity index (χ2n) is 6.74. The lowest BCUT2D eigenvalue weighted by Crippen LogP contribution is -2.47. The Bertz CT molecular complexity index is 803. The van der Waals surface area contributed by atoms with Gasteiger partial charge in [-0.25, -0.2) is 4.79 Å². The van der Waals surface area contributed by atoms with E-state index in [1.54, 1.807) is 23.9 Å². The monoisotopic (exact) mass is 335 g/mol. The van der Waals surface area contributed by atoms with Crippen LogP contribution in [0.1, 0.15) is 23.6 Å². The molecule has 25 heavy (non-hydrogen) atoms. The molecule has 2 aliphatic rings. The van der Waals surface area contributed by atoms with Crippen LogP contribution in [0.4, 0.5) is 4.79 Å². The summed E-state index contributed by atoms with van der Waals surface area (Å²) in [6, 6.07) is 15.6. The smallest absolute Gasteiger partial charge is 0.318 e. The molecule has 128 valence electrons. The number of carbonyl (C=O) groups is 2. The molecule has 0 spiro atoms. The fourth-order valence-corrected chi connectivity index (χ4v) is 3.87. The largest absolute Gasteiger partial charge is 0.344 e. The van der Waals surface area contributed by atoms with Crippen LogP contribution in [0.5, 0.6) is 0 Å². The van der Waals surface area contributed by atoms with Crippen LogP contribution < -0.4 is 5.32 Å². The normalized spacial score (nSPS) is 18.9. The molecule has 1 saturated heterocycles. The van der Waals surface area contributed by atoms with Crippen LogP contribution in [-0.4, -0.2) is 48.4 Å². The Hall–Kier alpha value is -2.82. The van der Waals surface area contributed by atoms with Crippen LogP contribution >= 0.6 is 0 Å². The van der Waals surface area contributed by atoms with Crippen molar-refractivity contribution in [2.24, 2.45) is 0 Å². The minimum absolute atomic E-state index is 0.0195. The second kappa shape index (κ2) is 5.92. The zero-order chi connectivity index (χ0) is 17.6. The minimum atomic E-state index is -0.424. The standard InChI is InChI=1S/C20H21N3O2/c1-22-12-11-17(19(22)24)21-20(25)23(2)18-15-9-5-3-7-13(15)14-8-4-6-10-16(14)18/h3-10,17-18H,11-12H2,1-2H3,(H,21,25)/t17-/m1/s1. The van der Waals surface area contributed by atoms with Crippen molar-refractivity contribution >= 4 is 11.9 Å². The Kier molecular flexibility index (Phi) is 3.71. The molecule has 1 aliphatic carbocycles. The fourth-order valence-electron chi connectivity index (χ4n) is 3.87. The molecule has 1 aliphatic heterocycles. The van der Waals surface area contributed by atoms with Gasteiger partial charge in [0.25, 0.3) is 0 Å². The molecule has 0 aromatic heterocycles. The lowest BCUT2D eigenvalue weighted by molar-refractivity contribution is -0.128. The van der Waals surface area contributed by atoms with E-state index < -0.39 is 6.04 Å². The van der Waals surface area contributed by atoms with E-state index >= 15 is 0 Å². The van der Waals surface area contributed by atoms with Crippen LogP contribution in [0.25, 0.3) is 11.1 Å². The number of nitrogens with one attached hydrogen (secondary N) is 1. The van der Waals surface area contributed by atoms with Gasteiger partial charge in [-0.2, -0.15) is 0 Å². The molecule has 5 nitrogen and oxygen atoms in total. The number of hydrogen-bond acceptors (Lipinski definition) is 2. The first kappa shape index (κ1) is 15.7. The highest BCUT2D eigenvalue weighted by molar-refractivity contribution is 5.89. The van der Waals surface area contributed by atoms with Gasteiger partial charge in [0.2, 0.25) is 5.91 Å². The van der Waals surface area contributed by atoms with Crippen LogP contribution in [-0.2, 0) is 4.79 Å². The summed E-state index contributed by atoms with van der Waals surface area (Å²) in [7, 11) is 3.56. The van der Waals surface area contributed by atoms with Crippen molar-refractivity contribution in [3.8, 4) is 11.1 Å². The highest BCUT2D eigenvalue weighted by Crippen LogP contribution is 2.45. The van der Waals surface area contributed by atoms with Gasteiger partial charge in [0.15, 0.2) is 0 Å². The molecule has 1 N–H and O–H groups in total. The summed E-state index contributed by atoms with van der Waals surface area (Å²) in [5.74, 6) is -0.0195. The van der Waals surface area contributed by atoms with E-state index in [-0.39, 0.29) is 18.0 Å². The number of likely N-dealkylation sites (tertiary alicyclic amines) is 1. The van der Waals surface area contributed by atoms with Gasteiger partial charge in [-0.15, -0.1) is 0 Å². The molecular formula is C20H21N3O2. The molecule has 0 unspecified atom stereocenters. The summed E-state index contributed by atoms with van der Waals surface area (Å²) in [6.45, 7) is 0.683. The molecule has 1 heterocycles. The van der Waals surface area contributed by atoms with Crippen LogP contribution in [0.15, 0.2) is 48.5 Å². The topological polar surface area (TPSA) is 52.7 Å². The van der Waals surface area contributed by atoms with E-state index in [1.807, 2.05) is 24.3 Å². The Morgan fingerprint density at radius 1 is 1.08 bits per heavy atom. The van der Waals surface area contributed by atoms with Crippen molar-refractivity contribution in [3.63, 3.8) is 0 Å². The second-order valence-corrected chi connectivity index (χ2v) is 6.74. The summed E-state index contributed by atoms with van der Waals surface area (Å²) in [5, 5.41) is 2.89. The zero-order valence-corrected chi connectivity index (χ0v) is 14.4. The summed E-state index contributed by atoms with van der Waals surface area (Å²) >= 11 is 0. The molecule has 0 saturated carbocycles. The zero-order valence-electron chi connectivity index (χ0n) is 14.4. The Labute approximate surface area is 147 Å². The summed E-state index contributed by atoms with van der Waals surface area (Å²) in [6.07, 6.45) is 0.659. The van der Waals surface area contributed by atoms with Crippen molar-refractivity contribution in [2.45, 2.75) is 18.5 Å². The quantitative estimate of drug-likeness (QED) is 0.917. The molecular weight excluding hydrogens is 314 g/mol. The lowest BCUT2D eigenvalue weighted by atomic mass is 10.0. The highest BCUT2D eigenvalue weighted by Gasteiger charge is 2.36. The Balaban J connectivity index is 1.63. The van der Waals surface area contributed by atoms with Crippen molar-refractivity contribution in [1.82, 2.24) is 15.1 Å². The first-order chi connectivity index (χ1) is 12.1. The third-order valence-electron chi connectivity index (χ3n) is 5.23. The maximum Gasteiger partial charge on any atom is 0.318 e. The minimum Gasteiger partial charge on any atom is -0.344 e. The van der Waals surface area contributed by atoms with E-state index in [4.69, 9.17) is 0 Å². The van der Waals surface area contributed by atoms with E-state index in [2.05, 4.69) is 29.6 Å². The first-order valence-corrected chi connectivity index (χ1v) is 8.54. The maximum atomic E-state index is 12.8. The van der Waals surface area contributed by atoms with Gasteiger partial charge < -0.3 is 15.1 Å². The summed E-state index contributed by atoms with van der Waals surface area (Å²) < 4.78 is 0. The highest BCUT2D eigenvalue weighted by atomic mass is 16.2. The molecule has 0 radical (unpaired) electrons. The molecule has 0 bridgehead atoms. The molecule has 1 atom stereocenters. The number of nitrogens with zero attached hydrogens (tertiary/aromatic N) is 2. The SMILES string of the molecule is CN1CC[C@@H](NC(=O)N(C)C2c3ccccc3-c3ccccc32)C1=O. The summed E-state index contributed by atoms with van der Waals surface area (Å²) in [5.41, 5.74) is 4.58. The number of amides is 3. The number of rotatable bonds is 2. The Morgan fingerprint density at radius 3 is 2.16 bits per heavy atom. The van der Waals surface area contributed by atoms with Crippen molar-refractivity contribution in [3.05, 3.63) is 59.7 Å². The van der Waals surface area contributed by atoms with Gasteiger partial charge in [-0.3, -0.25) is 4.79 Å². The average Bonchev–Trinajstić information content (AvgIpc) is 3.13. The van der Waals surface area contributed by atoms with E-state index in [1.165, 1.54) is 11.1 Å². The lowest BCUT2D eigenvalue weighted by Gasteiger charge is -2.28. The number of fused-ring (bicyclic) bond motifs is 3. The number of carbonyl (C=O) groups excluding carboxylic acids is 2. The fraction of sp³-hybridized carbons (Fsp3) is 0.300. The average molecular weight is 335 g/mol. The third kappa shape index (κ3) is 2.47. The van der Waals surface area contributed by atoms with Crippen molar-refractivity contribution in [2.75, 3.05) is 20.6 Å². The van der Waals surface area contributed by atoms with E-state index in [0.717, 1.165) is 11.1 Å². The van der Waals surface area contributed by atoms with Gasteiger partial charge in [0.05, 0.1) is 6.04 Å². The molecule has 1 fully saturated rings. The number of benzene rings is 2. The third-order valence-corrected chi connectivity index (χ3v) is 5.23. The maximum absolute atomic E-state index is 12.8. The van der Waals surface area contributed by atoms with Gasteiger partial charge in [0, 0.05) is 20.6 Å². The predicted molar refractivity (Wildman–Crippen MR) is 96.1 cm³/mol. The first-order valence-electron chi connectivity index (χ1n) is 8.54. The predicted octanol–water partition coefficient (Wildman–Crippen LogP) is 2.63. The van der Waals surface area contributed by atoms with Gasteiger partial charge in [-0.1, -0.05) is 48.5 Å². The van der Waals surface area contributed by atoms with Crippen molar-refractivity contribution in [1.29, 1.82) is 0 Å². The molecule has 4 rings (SSSR count). The number of hydrogen-bond donors (Lipinski definition) is 1. The molecule has 5 heteroatoms. The number of likely N-dealkylation sites (N-methyl/N-ethyl adjacent to an activating group) is 1. The summed E-state index contributed by atoms with van der Waals surface area (Å²) in [4.78, 5) is 28.2.